The number of benzene rings is 1. The van der Waals surface area contributed by atoms with Crippen LogP contribution in [0, 0.1) is 25.5 Å². The van der Waals surface area contributed by atoms with Crippen molar-refractivity contribution in [2.75, 3.05) is 26.2 Å². The van der Waals surface area contributed by atoms with Crippen LogP contribution in [0.5, 0.6) is 0 Å². The van der Waals surface area contributed by atoms with E-state index in [-0.39, 0.29) is 42.4 Å². The van der Waals surface area contributed by atoms with Crippen molar-refractivity contribution in [2.24, 2.45) is 7.05 Å². The minimum atomic E-state index is -3.74. The van der Waals surface area contributed by atoms with Gasteiger partial charge in [0.2, 0.25) is 15.9 Å². The molecule has 3 rings (SSSR count). The van der Waals surface area contributed by atoms with Gasteiger partial charge in [-0.25, -0.2) is 17.2 Å². The van der Waals surface area contributed by atoms with Crippen LogP contribution in [0.2, 0.25) is 0 Å². The van der Waals surface area contributed by atoms with E-state index in [1.165, 1.54) is 20.0 Å². The smallest absolute Gasteiger partial charge is 0.246 e. The Kier molecular flexibility index (Phi) is 6.04. The molecule has 0 spiro atoms. The van der Waals surface area contributed by atoms with Gasteiger partial charge in [-0.3, -0.25) is 9.48 Å². The highest BCUT2D eigenvalue weighted by atomic mass is 32.2. The Morgan fingerprint density at radius 1 is 1.14 bits per heavy atom. The lowest BCUT2D eigenvalue weighted by Crippen LogP contribution is -2.38. The van der Waals surface area contributed by atoms with Crippen molar-refractivity contribution >= 4 is 15.9 Å². The van der Waals surface area contributed by atoms with Crippen molar-refractivity contribution in [3.63, 3.8) is 0 Å². The Bertz CT molecular complexity index is 1040. The van der Waals surface area contributed by atoms with E-state index in [2.05, 4.69) is 5.10 Å². The number of amides is 1. The topological polar surface area (TPSA) is 75.5 Å². The van der Waals surface area contributed by atoms with Crippen molar-refractivity contribution in [1.82, 2.24) is 19.0 Å². The highest BCUT2D eigenvalue weighted by Crippen LogP contribution is 2.24. The molecule has 0 radical (unpaired) electrons. The van der Waals surface area contributed by atoms with E-state index in [1.54, 1.807) is 20.9 Å². The van der Waals surface area contributed by atoms with Crippen molar-refractivity contribution in [3.8, 4) is 0 Å². The van der Waals surface area contributed by atoms with E-state index in [4.69, 9.17) is 0 Å². The first-order valence-corrected chi connectivity index (χ1v) is 10.8. The molecule has 1 aliphatic rings. The number of hydrogen-bond acceptors (Lipinski definition) is 4. The van der Waals surface area contributed by atoms with Crippen LogP contribution in [0.1, 0.15) is 23.4 Å². The number of nitrogens with zero attached hydrogens (tertiary/aromatic N) is 4. The Morgan fingerprint density at radius 3 is 2.48 bits per heavy atom. The average Bonchev–Trinajstić information content (AvgIpc) is 2.81. The fourth-order valence-electron chi connectivity index (χ4n) is 3.58. The van der Waals surface area contributed by atoms with Gasteiger partial charge in [-0.1, -0.05) is 6.07 Å². The van der Waals surface area contributed by atoms with Gasteiger partial charge >= 0.3 is 0 Å². The van der Waals surface area contributed by atoms with E-state index in [1.807, 2.05) is 0 Å². The standard InChI is InChI=1S/C19H24F2N4O3S/c1-13-19(14(2)23(3)22-13)29(27,28)25-8-4-7-24(9-10-25)18(26)11-15-5-6-16(20)12-17(15)21/h5-6,12H,4,7-11H2,1-3H3. The summed E-state index contributed by atoms with van der Waals surface area (Å²) in [6.07, 6.45) is 0.273. The molecule has 10 heteroatoms. The third kappa shape index (κ3) is 4.32. The first kappa shape index (κ1) is 21.4. The largest absolute Gasteiger partial charge is 0.341 e. The molecule has 2 heterocycles. The third-order valence-corrected chi connectivity index (χ3v) is 7.36. The van der Waals surface area contributed by atoms with Gasteiger partial charge in [0.1, 0.15) is 16.5 Å². The minimum Gasteiger partial charge on any atom is -0.341 e. The van der Waals surface area contributed by atoms with Gasteiger partial charge in [0, 0.05) is 39.3 Å². The Labute approximate surface area is 169 Å². The van der Waals surface area contributed by atoms with Crippen molar-refractivity contribution in [3.05, 3.63) is 46.8 Å². The lowest BCUT2D eigenvalue weighted by Gasteiger charge is -2.22. The van der Waals surface area contributed by atoms with E-state index < -0.39 is 21.7 Å². The van der Waals surface area contributed by atoms with Crippen LogP contribution in [0.15, 0.2) is 23.1 Å². The summed E-state index contributed by atoms with van der Waals surface area (Å²) in [7, 11) is -2.04. The highest BCUT2D eigenvalue weighted by molar-refractivity contribution is 7.89. The van der Waals surface area contributed by atoms with Crippen LogP contribution in [0.3, 0.4) is 0 Å². The predicted molar refractivity (Wildman–Crippen MR) is 103 cm³/mol. The molecule has 1 saturated heterocycles. The lowest BCUT2D eigenvalue weighted by molar-refractivity contribution is -0.130. The lowest BCUT2D eigenvalue weighted by atomic mass is 10.1. The maximum Gasteiger partial charge on any atom is 0.246 e. The fraction of sp³-hybridized carbons (Fsp3) is 0.474. The number of aromatic nitrogens is 2. The van der Waals surface area contributed by atoms with Gasteiger partial charge in [0.25, 0.3) is 0 Å². The average molecular weight is 426 g/mol. The second-order valence-electron chi connectivity index (χ2n) is 7.17. The van der Waals surface area contributed by atoms with Crippen molar-refractivity contribution in [2.45, 2.75) is 31.6 Å². The second-order valence-corrected chi connectivity index (χ2v) is 9.05. The van der Waals surface area contributed by atoms with Crippen LogP contribution >= 0.6 is 0 Å². The zero-order chi connectivity index (χ0) is 21.3. The minimum absolute atomic E-state index is 0.117. The summed E-state index contributed by atoms with van der Waals surface area (Å²) < 4.78 is 56.0. The molecule has 2 aromatic rings. The summed E-state index contributed by atoms with van der Waals surface area (Å²) in [5, 5.41) is 4.18. The number of sulfonamides is 1. The summed E-state index contributed by atoms with van der Waals surface area (Å²) in [5.74, 6) is -1.78. The second kappa shape index (κ2) is 8.19. The molecule has 1 amide bonds. The van der Waals surface area contributed by atoms with Crippen LogP contribution in [-0.4, -0.2) is 59.5 Å². The van der Waals surface area contributed by atoms with Gasteiger partial charge in [0.15, 0.2) is 0 Å². The van der Waals surface area contributed by atoms with E-state index in [0.29, 0.717) is 24.4 Å². The number of carbonyl (C=O) groups excluding carboxylic acids is 1. The summed E-state index contributed by atoms with van der Waals surface area (Å²) in [4.78, 5) is 14.3. The molecule has 158 valence electrons. The molecule has 0 N–H and O–H groups in total. The Hall–Kier alpha value is -2.33. The van der Waals surface area contributed by atoms with E-state index in [0.717, 1.165) is 12.1 Å². The van der Waals surface area contributed by atoms with Gasteiger partial charge in [-0.2, -0.15) is 9.40 Å². The molecule has 1 aliphatic heterocycles. The van der Waals surface area contributed by atoms with Crippen LogP contribution < -0.4 is 0 Å². The van der Waals surface area contributed by atoms with Crippen molar-refractivity contribution < 1.29 is 22.0 Å². The summed E-state index contributed by atoms with van der Waals surface area (Å²) >= 11 is 0. The zero-order valence-electron chi connectivity index (χ0n) is 16.7. The first-order chi connectivity index (χ1) is 13.6. The zero-order valence-corrected chi connectivity index (χ0v) is 17.5. The molecular weight excluding hydrogens is 402 g/mol. The number of carbonyl (C=O) groups is 1. The van der Waals surface area contributed by atoms with Crippen LogP contribution in [-0.2, 0) is 28.3 Å². The third-order valence-electron chi connectivity index (χ3n) is 5.20. The normalized spacial score (nSPS) is 16.1. The molecule has 0 atom stereocenters. The molecular formula is C19H24F2N4O3S. The Morgan fingerprint density at radius 2 is 1.86 bits per heavy atom. The molecule has 0 bridgehead atoms. The van der Waals surface area contributed by atoms with E-state index in [9.17, 15) is 22.0 Å². The SMILES string of the molecule is Cc1nn(C)c(C)c1S(=O)(=O)N1CCCN(C(=O)Cc2ccc(F)cc2F)CC1. The molecule has 29 heavy (non-hydrogen) atoms. The number of rotatable bonds is 4. The number of halogens is 2. The molecule has 0 unspecified atom stereocenters. The predicted octanol–water partition coefficient (Wildman–Crippen LogP) is 1.78. The quantitative estimate of drug-likeness (QED) is 0.747. The summed E-state index contributed by atoms with van der Waals surface area (Å²) in [6.45, 7) is 4.37. The van der Waals surface area contributed by atoms with Crippen molar-refractivity contribution in [1.29, 1.82) is 0 Å². The van der Waals surface area contributed by atoms with Crippen LogP contribution in [0.4, 0.5) is 8.78 Å². The van der Waals surface area contributed by atoms with Gasteiger partial charge in [0.05, 0.1) is 17.8 Å². The van der Waals surface area contributed by atoms with Gasteiger partial charge in [-0.15, -0.1) is 0 Å². The Balaban J connectivity index is 1.72. The molecule has 1 aromatic carbocycles. The number of hydrogen-bond donors (Lipinski definition) is 0. The number of aryl methyl sites for hydroxylation is 2. The van der Waals surface area contributed by atoms with Crippen LogP contribution in [0.25, 0.3) is 0 Å². The van der Waals surface area contributed by atoms with E-state index >= 15 is 0 Å². The molecule has 1 fully saturated rings. The molecule has 0 aliphatic carbocycles. The fourth-order valence-corrected chi connectivity index (χ4v) is 5.45. The maximum absolute atomic E-state index is 13.8. The maximum atomic E-state index is 13.8. The first-order valence-electron chi connectivity index (χ1n) is 9.33. The molecule has 1 aromatic heterocycles. The molecule has 0 saturated carbocycles. The highest BCUT2D eigenvalue weighted by Gasteiger charge is 2.32. The van der Waals surface area contributed by atoms with Gasteiger partial charge < -0.3 is 4.90 Å². The monoisotopic (exact) mass is 426 g/mol. The summed E-state index contributed by atoms with van der Waals surface area (Å²) in [5.41, 5.74) is 1.12. The van der Waals surface area contributed by atoms with Gasteiger partial charge in [-0.05, 0) is 31.9 Å². The molecule has 7 nitrogen and oxygen atoms in total. The summed E-state index contributed by atoms with van der Waals surface area (Å²) in [6, 6.07) is 3.12.